The molecule has 0 aliphatic carbocycles. The van der Waals surface area contributed by atoms with Crippen LogP contribution in [-0.4, -0.2) is 9.97 Å². The molecule has 2 aromatic carbocycles. The molecule has 22 heavy (non-hydrogen) atoms. The smallest absolute Gasteiger partial charge is 0.0971 e. The molecule has 2 aromatic heterocycles. The van der Waals surface area contributed by atoms with E-state index < -0.39 is 0 Å². The topological polar surface area (TPSA) is 25.8 Å². The lowest BCUT2D eigenvalue weighted by Gasteiger charge is -2.09. The predicted octanol–water partition coefficient (Wildman–Crippen LogP) is 5.76. The van der Waals surface area contributed by atoms with Crippen molar-refractivity contribution in [3.05, 3.63) is 71.0 Å². The number of halogens is 2. The van der Waals surface area contributed by atoms with Crippen LogP contribution in [0.2, 0.25) is 10.0 Å². The molecule has 0 radical (unpaired) electrons. The predicted molar refractivity (Wildman–Crippen MR) is 92.5 cm³/mol. The molecule has 0 unspecified atom stereocenters. The highest BCUT2D eigenvalue weighted by Gasteiger charge is 2.12. The fourth-order valence-electron chi connectivity index (χ4n) is 2.71. The highest BCUT2D eigenvalue weighted by molar-refractivity contribution is 6.36. The van der Waals surface area contributed by atoms with E-state index in [1.807, 2.05) is 48.5 Å². The van der Waals surface area contributed by atoms with Crippen LogP contribution in [0.1, 0.15) is 0 Å². The highest BCUT2D eigenvalue weighted by Crippen LogP contribution is 2.34. The molecule has 0 atom stereocenters. The van der Waals surface area contributed by atoms with E-state index in [4.69, 9.17) is 23.2 Å². The summed E-state index contributed by atoms with van der Waals surface area (Å²) >= 11 is 12.6. The first-order valence-corrected chi connectivity index (χ1v) is 7.58. The molecule has 0 amide bonds. The minimum Gasteiger partial charge on any atom is -0.254 e. The molecule has 4 aromatic rings. The molecule has 0 N–H and O–H groups in total. The summed E-state index contributed by atoms with van der Waals surface area (Å²) in [4.78, 5) is 9.07. The number of hydrogen-bond donors (Lipinski definition) is 0. The van der Waals surface area contributed by atoms with Gasteiger partial charge in [0.25, 0.3) is 0 Å². The summed E-state index contributed by atoms with van der Waals surface area (Å²) in [5, 5.41) is 5.31. The van der Waals surface area contributed by atoms with Crippen molar-refractivity contribution in [3.63, 3.8) is 0 Å². The minimum atomic E-state index is 0.708. The Morgan fingerprint density at radius 2 is 1.00 bits per heavy atom. The zero-order valence-corrected chi connectivity index (χ0v) is 12.9. The third kappa shape index (κ3) is 2.04. The first kappa shape index (κ1) is 13.5. The van der Waals surface area contributed by atoms with Gasteiger partial charge in [-0.25, -0.2) is 0 Å². The summed E-state index contributed by atoms with van der Waals surface area (Å²) in [5.74, 6) is 0. The summed E-state index contributed by atoms with van der Waals surface area (Å²) in [6, 6.07) is 15.5. The van der Waals surface area contributed by atoms with Crippen LogP contribution in [0.4, 0.5) is 0 Å². The van der Waals surface area contributed by atoms with E-state index in [1.165, 1.54) is 0 Å². The first-order valence-electron chi connectivity index (χ1n) is 6.82. The summed E-state index contributed by atoms with van der Waals surface area (Å²) in [6.07, 6.45) is 3.52. The maximum Gasteiger partial charge on any atom is 0.0971 e. The van der Waals surface area contributed by atoms with E-state index in [9.17, 15) is 0 Å². The van der Waals surface area contributed by atoms with Crippen LogP contribution in [0.15, 0.2) is 60.9 Å². The van der Waals surface area contributed by atoms with Gasteiger partial charge in [-0.15, -0.1) is 0 Å². The summed E-state index contributed by atoms with van der Waals surface area (Å²) in [7, 11) is 0. The summed E-state index contributed by atoms with van der Waals surface area (Å²) in [5.41, 5.74) is 1.63. The second kappa shape index (κ2) is 5.24. The number of fused-ring (bicyclic) bond motifs is 2. The third-order valence-electron chi connectivity index (χ3n) is 3.73. The van der Waals surface area contributed by atoms with E-state index in [2.05, 4.69) is 9.97 Å². The molecule has 0 spiro atoms. The van der Waals surface area contributed by atoms with Gasteiger partial charge in [-0.2, -0.15) is 0 Å². The van der Waals surface area contributed by atoms with Gasteiger partial charge in [0.05, 0.1) is 11.4 Å². The minimum absolute atomic E-state index is 0.708. The molecule has 106 valence electrons. The molecule has 0 fully saturated rings. The molecular weight excluding hydrogens is 315 g/mol. The maximum absolute atomic E-state index is 6.29. The SMILES string of the molecule is Clc1cccc2c(-c3nccc4c(Cl)cccc34)nccc12. The highest BCUT2D eigenvalue weighted by atomic mass is 35.5. The molecule has 0 bridgehead atoms. The average Bonchev–Trinajstić information content (AvgIpc) is 2.55. The van der Waals surface area contributed by atoms with E-state index in [0.717, 1.165) is 32.9 Å². The van der Waals surface area contributed by atoms with Gasteiger partial charge in [-0.1, -0.05) is 47.5 Å². The lowest BCUT2D eigenvalue weighted by molar-refractivity contribution is 1.29. The number of benzene rings is 2. The van der Waals surface area contributed by atoms with Crippen molar-refractivity contribution < 1.29 is 0 Å². The van der Waals surface area contributed by atoms with E-state index in [1.54, 1.807) is 12.4 Å². The monoisotopic (exact) mass is 324 g/mol. The number of rotatable bonds is 1. The quantitative estimate of drug-likeness (QED) is 0.445. The van der Waals surface area contributed by atoms with Gasteiger partial charge in [0.15, 0.2) is 0 Å². The van der Waals surface area contributed by atoms with Crippen LogP contribution >= 0.6 is 23.2 Å². The van der Waals surface area contributed by atoms with Gasteiger partial charge in [0.2, 0.25) is 0 Å². The molecule has 4 heteroatoms. The molecule has 0 aliphatic rings. The zero-order chi connectivity index (χ0) is 15.1. The van der Waals surface area contributed by atoms with Crippen molar-refractivity contribution in [1.82, 2.24) is 9.97 Å². The van der Waals surface area contributed by atoms with Crippen molar-refractivity contribution in [1.29, 1.82) is 0 Å². The number of pyridine rings is 2. The van der Waals surface area contributed by atoms with Gasteiger partial charge in [-0.05, 0) is 24.3 Å². The molecular formula is C18H10Cl2N2. The fourth-order valence-corrected chi connectivity index (χ4v) is 3.19. The third-order valence-corrected chi connectivity index (χ3v) is 4.39. The number of nitrogens with zero attached hydrogens (tertiary/aromatic N) is 2. The molecule has 2 heterocycles. The second-order valence-electron chi connectivity index (χ2n) is 4.99. The maximum atomic E-state index is 6.29. The van der Waals surface area contributed by atoms with Crippen LogP contribution in [0.3, 0.4) is 0 Å². The Morgan fingerprint density at radius 3 is 1.45 bits per heavy atom. The largest absolute Gasteiger partial charge is 0.254 e. The Bertz CT molecular complexity index is 929. The normalized spacial score (nSPS) is 11.2. The second-order valence-corrected chi connectivity index (χ2v) is 5.80. The fraction of sp³-hybridized carbons (Fsp3) is 0. The number of aromatic nitrogens is 2. The van der Waals surface area contributed by atoms with Crippen LogP contribution < -0.4 is 0 Å². The average molecular weight is 325 g/mol. The Labute approximate surface area is 137 Å². The molecule has 0 saturated carbocycles. The standard InChI is InChI=1S/C18H10Cl2N2/c19-15-5-1-3-13-11(15)7-9-21-17(13)18-14-4-2-6-16(20)12(14)8-10-22-18/h1-10H. The van der Waals surface area contributed by atoms with Gasteiger partial charge in [-0.3, -0.25) is 9.97 Å². The van der Waals surface area contributed by atoms with Crippen molar-refractivity contribution in [2.24, 2.45) is 0 Å². The van der Waals surface area contributed by atoms with E-state index in [-0.39, 0.29) is 0 Å². The van der Waals surface area contributed by atoms with Crippen molar-refractivity contribution in [2.75, 3.05) is 0 Å². The Morgan fingerprint density at radius 1 is 0.545 bits per heavy atom. The van der Waals surface area contributed by atoms with Crippen molar-refractivity contribution >= 4 is 44.7 Å². The van der Waals surface area contributed by atoms with E-state index in [0.29, 0.717) is 10.0 Å². The lowest BCUT2D eigenvalue weighted by atomic mass is 10.0. The first-order chi connectivity index (χ1) is 10.8. The Kier molecular flexibility index (Phi) is 3.21. The van der Waals surface area contributed by atoms with E-state index >= 15 is 0 Å². The van der Waals surface area contributed by atoms with Gasteiger partial charge in [0, 0.05) is 44.0 Å². The van der Waals surface area contributed by atoms with Crippen LogP contribution in [0.5, 0.6) is 0 Å². The Hall–Kier alpha value is -2.16. The van der Waals surface area contributed by atoms with Gasteiger partial charge < -0.3 is 0 Å². The van der Waals surface area contributed by atoms with Gasteiger partial charge in [0.1, 0.15) is 0 Å². The van der Waals surface area contributed by atoms with Crippen LogP contribution in [0.25, 0.3) is 32.9 Å². The lowest BCUT2D eigenvalue weighted by Crippen LogP contribution is -1.91. The van der Waals surface area contributed by atoms with Crippen LogP contribution in [-0.2, 0) is 0 Å². The molecule has 4 rings (SSSR count). The molecule has 0 saturated heterocycles. The molecule has 0 aliphatic heterocycles. The Balaban J connectivity index is 2.13. The zero-order valence-electron chi connectivity index (χ0n) is 11.4. The summed E-state index contributed by atoms with van der Waals surface area (Å²) < 4.78 is 0. The molecule has 2 nitrogen and oxygen atoms in total. The number of hydrogen-bond acceptors (Lipinski definition) is 2. The van der Waals surface area contributed by atoms with Gasteiger partial charge >= 0.3 is 0 Å². The summed E-state index contributed by atoms with van der Waals surface area (Å²) in [6.45, 7) is 0. The van der Waals surface area contributed by atoms with Crippen molar-refractivity contribution in [3.8, 4) is 11.4 Å². The van der Waals surface area contributed by atoms with Crippen molar-refractivity contribution in [2.45, 2.75) is 0 Å². The van der Waals surface area contributed by atoms with Crippen LogP contribution in [0, 0.1) is 0 Å².